The maximum absolute atomic E-state index is 13.2. The summed E-state index contributed by atoms with van der Waals surface area (Å²) in [4.78, 5) is 44.6. The number of carbonyl (C=O) groups is 3. The molecular formula is C26H39N5O4. The molecule has 3 rings (SSSR count). The molecule has 1 fully saturated rings. The largest absolute Gasteiger partial charge is 0.463 e. The van der Waals surface area contributed by atoms with Crippen molar-refractivity contribution in [3.05, 3.63) is 46.7 Å². The first kappa shape index (κ1) is 26.5. The van der Waals surface area contributed by atoms with E-state index in [-0.39, 0.29) is 24.2 Å². The topological polar surface area (TPSA) is 94.2 Å². The minimum absolute atomic E-state index is 0.0737. The van der Waals surface area contributed by atoms with Gasteiger partial charge in [0.25, 0.3) is 0 Å². The molecule has 9 heteroatoms. The van der Waals surface area contributed by atoms with Gasteiger partial charge in [0.05, 0.1) is 18.2 Å². The van der Waals surface area contributed by atoms with Crippen LogP contribution in [0.4, 0.5) is 9.59 Å². The van der Waals surface area contributed by atoms with E-state index in [2.05, 4.69) is 15.5 Å². The van der Waals surface area contributed by atoms with E-state index in [4.69, 9.17) is 4.74 Å². The van der Waals surface area contributed by atoms with Crippen LogP contribution in [0.25, 0.3) is 0 Å². The molecular weight excluding hydrogens is 446 g/mol. The molecule has 0 aliphatic carbocycles. The Morgan fingerprint density at radius 2 is 1.77 bits per heavy atom. The lowest BCUT2D eigenvalue weighted by molar-refractivity contribution is -0.139. The molecule has 0 bridgehead atoms. The smallest absolute Gasteiger partial charge is 0.338 e. The lowest BCUT2D eigenvalue weighted by atomic mass is 9.91. The summed E-state index contributed by atoms with van der Waals surface area (Å²) in [7, 11) is 0. The van der Waals surface area contributed by atoms with Crippen molar-refractivity contribution in [1.29, 1.82) is 0 Å². The number of amides is 4. The number of aryl methyl sites for hydroxylation is 1. The Bertz CT molecular complexity index is 976. The summed E-state index contributed by atoms with van der Waals surface area (Å²) in [6.45, 7) is 15.1. The van der Waals surface area contributed by atoms with E-state index >= 15 is 0 Å². The quantitative estimate of drug-likeness (QED) is 0.604. The van der Waals surface area contributed by atoms with Gasteiger partial charge in [-0.25, -0.2) is 14.4 Å². The van der Waals surface area contributed by atoms with Crippen molar-refractivity contribution in [3.8, 4) is 0 Å². The van der Waals surface area contributed by atoms with Crippen LogP contribution in [0.3, 0.4) is 0 Å². The van der Waals surface area contributed by atoms with Crippen LogP contribution in [0.2, 0.25) is 0 Å². The van der Waals surface area contributed by atoms with Gasteiger partial charge in [0, 0.05) is 50.5 Å². The monoisotopic (exact) mass is 485 g/mol. The fourth-order valence-corrected chi connectivity index (χ4v) is 4.52. The molecule has 35 heavy (non-hydrogen) atoms. The van der Waals surface area contributed by atoms with Crippen LogP contribution in [0.15, 0.2) is 35.5 Å². The molecule has 1 aromatic carbocycles. The highest BCUT2D eigenvalue weighted by molar-refractivity contribution is 5.95. The summed E-state index contributed by atoms with van der Waals surface area (Å²) < 4.78 is 5.46. The molecule has 9 nitrogen and oxygen atoms in total. The van der Waals surface area contributed by atoms with Gasteiger partial charge in [-0.1, -0.05) is 24.3 Å². The number of rotatable bonds is 6. The van der Waals surface area contributed by atoms with Gasteiger partial charge in [-0.05, 0) is 52.7 Å². The first-order valence-electron chi connectivity index (χ1n) is 12.4. The highest BCUT2D eigenvalue weighted by Crippen LogP contribution is 2.33. The zero-order valence-electron chi connectivity index (χ0n) is 21.8. The predicted molar refractivity (Wildman–Crippen MR) is 135 cm³/mol. The number of nitrogens with zero attached hydrogens (tertiary/aromatic N) is 3. The lowest BCUT2D eigenvalue weighted by Gasteiger charge is -2.41. The maximum Gasteiger partial charge on any atom is 0.338 e. The molecule has 0 unspecified atom stereocenters. The summed E-state index contributed by atoms with van der Waals surface area (Å²) in [6.07, 6.45) is 0. The number of nitrogens with one attached hydrogen (secondary N) is 2. The van der Waals surface area contributed by atoms with Crippen molar-refractivity contribution in [1.82, 2.24) is 25.3 Å². The normalized spacial score (nSPS) is 19.5. The van der Waals surface area contributed by atoms with E-state index in [0.29, 0.717) is 50.5 Å². The highest BCUT2D eigenvalue weighted by atomic mass is 16.5. The van der Waals surface area contributed by atoms with Gasteiger partial charge in [0.2, 0.25) is 0 Å². The Labute approximate surface area is 208 Å². The number of ether oxygens (including phenoxy) is 1. The molecule has 192 valence electrons. The molecule has 1 saturated heterocycles. The summed E-state index contributed by atoms with van der Waals surface area (Å²) in [5.41, 5.74) is 2.70. The van der Waals surface area contributed by atoms with Crippen LogP contribution in [-0.4, -0.2) is 84.1 Å². The lowest BCUT2D eigenvalue weighted by Crippen LogP contribution is -2.56. The molecule has 1 atom stereocenters. The molecule has 0 saturated carbocycles. The number of hydrogen-bond donors (Lipinski definition) is 2. The van der Waals surface area contributed by atoms with E-state index in [9.17, 15) is 14.4 Å². The molecule has 2 aliphatic rings. The SMILES string of the molecule is CCOC(=O)C1=C(CN2CCN(C(=O)NC(C)(C)C)CC2)N(CC)C(=O)N[C@H]1c1ccccc1C. The maximum atomic E-state index is 13.2. The minimum Gasteiger partial charge on any atom is -0.463 e. The fraction of sp³-hybridized carbons (Fsp3) is 0.577. The second-order valence-corrected chi connectivity index (χ2v) is 10.0. The molecule has 4 amide bonds. The van der Waals surface area contributed by atoms with Gasteiger partial charge >= 0.3 is 18.0 Å². The van der Waals surface area contributed by atoms with Gasteiger partial charge < -0.3 is 20.3 Å². The third-order valence-electron chi connectivity index (χ3n) is 6.26. The first-order valence-corrected chi connectivity index (χ1v) is 12.4. The Hall–Kier alpha value is -3.07. The average Bonchev–Trinajstić information content (AvgIpc) is 2.78. The summed E-state index contributed by atoms with van der Waals surface area (Å²) in [5.74, 6) is -0.419. The van der Waals surface area contributed by atoms with Crippen molar-refractivity contribution < 1.29 is 19.1 Å². The minimum atomic E-state index is -0.584. The zero-order valence-corrected chi connectivity index (χ0v) is 21.8. The summed E-state index contributed by atoms with van der Waals surface area (Å²) in [6, 6.07) is 6.86. The van der Waals surface area contributed by atoms with Crippen molar-refractivity contribution >= 4 is 18.0 Å². The van der Waals surface area contributed by atoms with Crippen molar-refractivity contribution in [2.45, 2.75) is 53.1 Å². The van der Waals surface area contributed by atoms with E-state index in [1.807, 2.05) is 63.8 Å². The second kappa shape index (κ2) is 11.1. The van der Waals surface area contributed by atoms with Crippen LogP contribution in [-0.2, 0) is 9.53 Å². The Balaban J connectivity index is 1.90. The number of urea groups is 2. The third kappa shape index (κ3) is 6.33. The average molecular weight is 486 g/mol. The number of carbonyl (C=O) groups excluding carboxylic acids is 3. The molecule has 0 aromatic heterocycles. The second-order valence-electron chi connectivity index (χ2n) is 10.0. The van der Waals surface area contributed by atoms with Gasteiger partial charge in [-0.2, -0.15) is 0 Å². The Morgan fingerprint density at radius 1 is 1.11 bits per heavy atom. The zero-order chi connectivity index (χ0) is 25.8. The standard InChI is InChI=1S/C26H39N5O4/c1-7-31-20(17-29-13-15-30(16-14-29)25(34)28-26(4,5)6)21(23(32)35-8-2)22(27-24(31)33)19-12-10-9-11-18(19)3/h9-12,22H,7-8,13-17H2,1-6H3,(H,27,33)(H,28,34)/t22-/m0/s1. The summed E-state index contributed by atoms with van der Waals surface area (Å²) >= 11 is 0. The van der Waals surface area contributed by atoms with Gasteiger partial charge in [0.15, 0.2) is 0 Å². The first-order chi connectivity index (χ1) is 16.6. The van der Waals surface area contributed by atoms with Crippen molar-refractivity contribution in [2.75, 3.05) is 45.9 Å². The fourth-order valence-electron chi connectivity index (χ4n) is 4.52. The van der Waals surface area contributed by atoms with E-state index in [1.54, 1.807) is 11.8 Å². The van der Waals surface area contributed by atoms with Gasteiger partial charge in [0.1, 0.15) is 0 Å². The molecule has 1 aromatic rings. The van der Waals surface area contributed by atoms with E-state index < -0.39 is 12.0 Å². The van der Waals surface area contributed by atoms with Crippen LogP contribution in [0, 0.1) is 6.92 Å². The molecule has 2 aliphatic heterocycles. The van der Waals surface area contributed by atoms with Crippen LogP contribution in [0.5, 0.6) is 0 Å². The van der Waals surface area contributed by atoms with Crippen molar-refractivity contribution in [3.63, 3.8) is 0 Å². The number of esters is 1. The Morgan fingerprint density at radius 3 is 2.34 bits per heavy atom. The number of benzene rings is 1. The van der Waals surface area contributed by atoms with E-state index in [1.165, 1.54) is 0 Å². The van der Waals surface area contributed by atoms with Crippen LogP contribution >= 0.6 is 0 Å². The number of piperazine rings is 1. The number of likely N-dealkylation sites (N-methyl/N-ethyl adjacent to an activating group) is 1. The van der Waals surface area contributed by atoms with Crippen LogP contribution in [0.1, 0.15) is 51.8 Å². The molecule has 2 N–H and O–H groups in total. The molecule has 2 heterocycles. The van der Waals surface area contributed by atoms with E-state index in [0.717, 1.165) is 11.1 Å². The third-order valence-corrected chi connectivity index (χ3v) is 6.26. The summed E-state index contributed by atoms with van der Waals surface area (Å²) in [5, 5.41) is 6.03. The molecule has 0 spiro atoms. The van der Waals surface area contributed by atoms with Crippen molar-refractivity contribution in [2.24, 2.45) is 0 Å². The van der Waals surface area contributed by atoms with Gasteiger partial charge in [-0.3, -0.25) is 9.80 Å². The van der Waals surface area contributed by atoms with Gasteiger partial charge in [-0.15, -0.1) is 0 Å². The van der Waals surface area contributed by atoms with Crippen LogP contribution < -0.4 is 10.6 Å². The predicted octanol–water partition coefficient (Wildman–Crippen LogP) is 3.02. The highest BCUT2D eigenvalue weighted by Gasteiger charge is 2.39. The number of hydrogen-bond acceptors (Lipinski definition) is 5. The molecule has 0 radical (unpaired) electrons. The Kier molecular flexibility index (Phi) is 8.43.